The van der Waals surface area contributed by atoms with Crippen LogP contribution in [0.25, 0.3) is 0 Å². The van der Waals surface area contributed by atoms with Crippen LogP contribution < -0.4 is 0 Å². The summed E-state index contributed by atoms with van der Waals surface area (Å²) >= 11 is 0. The fraction of sp³-hybridized carbons (Fsp3) is 0.500. The number of esters is 1. The molecule has 1 aliphatic carbocycles. The maximum Gasteiger partial charge on any atom is 0.306 e. The number of hydrogen-bond acceptors (Lipinski definition) is 3. The lowest BCUT2D eigenvalue weighted by Gasteiger charge is -2.02. The van der Waals surface area contributed by atoms with Crippen LogP contribution in [0.4, 0.5) is 0 Å². The molecule has 0 spiro atoms. The van der Waals surface area contributed by atoms with Crippen molar-refractivity contribution >= 4 is 11.8 Å². The fourth-order valence-corrected chi connectivity index (χ4v) is 1.08. The van der Waals surface area contributed by atoms with Crippen molar-refractivity contribution in [3.63, 3.8) is 0 Å². The van der Waals surface area contributed by atoms with Gasteiger partial charge in [-0.1, -0.05) is 6.08 Å². The van der Waals surface area contributed by atoms with Crippen LogP contribution in [0.3, 0.4) is 0 Å². The SMILES string of the molecule is COC(=O)C[C@@H]1C=CC(=O)C1. The molecule has 0 saturated heterocycles. The number of ketones is 1. The second-order valence-electron chi connectivity index (χ2n) is 2.57. The van der Waals surface area contributed by atoms with Crippen molar-refractivity contribution in [1.82, 2.24) is 0 Å². The van der Waals surface area contributed by atoms with Crippen LogP contribution >= 0.6 is 0 Å². The van der Waals surface area contributed by atoms with Gasteiger partial charge in [0.05, 0.1) is 13.5 Å². The van der Waals surface area contributed by atoms with Gasteiger partial charge in [0.15, 0.2) is 5.78 Å². The van der Waals surface area contributed by atoms with E-state index in [1.165, 1.54) is 13.2 Å². The number of carbonyl (C=O) groups excluding carboxylic acids is 2. The Kier molecular flexibility index (Phi) is 2.41. The minimum absolute atomic E-state index is 0.0648. The number of rotatable bonds is 2. The lowest BCUT2D eigenvalue weighted by Crippen LogP contribution is -2.07. The van der Waals surface area contributed by atoms with Crippen LogP contribution in [0.5, 0.6) is 0 Å². The first kappa shape index (κ1) is 7.98. The molecule has 0 amide bonds. The molecule has 0 saturated carbocycles. The molecular weight excluding hydrogens is 144 g/mol. The van der Waals surface area contributed by atoms with Gasteiger partial charge in [-0.25, -0.2) is 0 Å². The molecule has 0 aliphatic heterocycles. The van der Waals surface area contributed by atoms with Crippen LogP contribution in [0.15, 0.2) is 12.2 Å². The maximum absolute atomic E-state index is 10.7. The summed E-state index contributed by atoms with van der Waals surface area (Å²) in [5.74, 6) is -0.0943. The van der Waals surface area contributed by atoms with Crippen molar-refractivity contribution in [2.45, 2.75) is 12.8 Å². The van der Waals surface area contributed by atoms with E-state index in [0.29, 0.717) is 12.8 Å². The molecule has 0 aromatic carbocycles. The van der Waals surface area contributed by atoms with E-state index >= 15 is 0 Å². The molecule has 11 heavy (non-hydrogen) atoms. The standard InChI is InChI=1S/C8H10O3/c1-11-8(10)5-6-2-3-7(9)4-6/h2-3,6H,4-5H2,1H3/t6-/m1/s1. The Morgan fingerprint density at radius 3 is 3.00 bits per heavy atom. The fourth-order valence-electron chi connectivity index (χ4n) is 1.08. The molecule has 0 aromatic rings. The first-order valence-corrected chi connectivity index (χ1v) is 3.50. The summed E-state index contributed by atoms with van der Waals surface area (Å²) in [6, 6.07) is 0. The summed E-state index contributed by atoms with van der Waals surface area (Å²) < 4.78 is 4.46. The smallest absolute Gasteiger partial charge is 0.306 e. The summed E-state index contributed by atoms with van der Waals surface area (Å²) in [6.45, 7) is 0. The molecule has 0 fully saturated rings. The van der Waals surface area contributed by atoms with Gasteiger partial charge >= 0.3 is 5.97 Å². The highest BCUT2D eigenvalue weighted by Crippen LogP contribution is 2.17. The van der Waals surface area contributed by atoms with Crippen molar-refractivity contribution < 1.29 is 14.3 Å². The largest absolute Gasteiger partial charge is 0.469 e. The average molecular weight is 154 g/mol. The zero-order valence-electron chi connectivity index (χ0n) is 6.37. The van der Waals surface area contributed by atoms with Crippen molar-refractivity contribution in [1.29, 1.82) is 0 Å². The van der Waals surface area contributed by atoms with Gasteiger partial charge in [-0.3, -0.25) is 9.59 Å². The Labute approximate surface area is 65.0 Å². The number of methoxy groups -OCH3 is 1. The molecule has 1 aliphatic rings. The predicted molar refractivity (Wildman–Crippen MR) is 38.9 cm³/mol. The quantitative estimate of drug-likeness (QED) is 0.550. The molecule has 1 atom stereocenters. The predicted octanol–water partition coefficient (Wildman–Crippen LogP) is 0.695. The van der Waals surface area contributed by atoms with Crippen LogP contribution in [-0.4, -0.2) is 18.9 Å². The Balaban J connectivity index is 2.35. The monoisotopic (exact) mass is 154 g/mol. The molecule has 0 heterocycles. The molecule has 1 rings (SSSR count). The number of ether oxygens (including phenoxy) is 1. The van der Waals surface area contributed by atoms with Crippen molar-refractivity contribution in [3.8, 4) is 0 Å². The summed E-state index contributed by atoms with van der Waals surface area (Å²) in [6.07, 6.45) is 4.06. The molecule has 60 valence electrons. The van der Waals surface area contributed by atoms with E-state index < -0.39 is 0 Å². The number of hydrogen-bond donors (Lipinski definition) is 0. The summed E-state index contributed by atoms with van der Waals surface area (Å²) in [7, 11) is 1.35. The molecular formula is C8H10O3. The molecule has 0 radical (unpaired) electrons. The average Bonchev–Trinajstić information content (AvgIpc) is 2.35. The van der Waals surface area contributed by atoms with Crippen molar-refractivity contribution in [3.05, 3.63) is 12.2 Å². The van der Waals surface area contributed by atoms with E-state index in [1.807, 2.05) is 0 Å². The Morgan fingerprint density at radius 2 is 2.55 bits per heavy atom. The van der Waals surface area contributed by atoms with Crippen molar-refractivity contribution in [2.24, 2.45) is 5.92 Å². The van der Waals surface area contributed by atoms with E-state index in [4.69, 9.17) is 0 Å². The minimum Gasteiger partial charge on any atom is -0.469 e. The minimum atomic E-state index is -0.255. The zero-order valence-corrected chi connectivity index (χ0v) is 6.37. The molecule has 3 nitrogen and oxygen atoms in total. The van der Waals surface area contributed by atoms with E-state index in [9.17, 15) is 9.59 Å². The molecule has 0 bridgehead atoms. The molecule has 0 unspecified atom stereocenters. The van der Waals surface area contributed by atoms with Crippen LogP contribution in [0.2, 0.25) is 0 Å². The normalized spacial score (nSPS) is 22.3. The van der Waals surface area contributed by atoms with Crippen LogP contribution in [-0.2, 0) is 14.3 Å². The highest BCUT2D eigenvalue weighted by Gasteiger charge is 2.18. The van der Waals surface area contributed by atoms with E-state index in [0.717, 1.165) is 0 Å². The Morgan fingerprint density at radius 1 is 1.82 bits per heavy atom. The van der Waals surface area contributed by atoms with Crippen molar-refractivity contribution in [2.75, 3.05) is 7.11 Å². The third kappa shape index (κ3) is 2.18. The Bertz CT molecular complexity index is 205. The van der Waals surface area contributed by atoms with Gasteiger partial charge in [-0.05, 0) is 12.0 Å². The highest BCUT2D eigenvalue weighted by atomic mass is 16.5. The van der Waals surface area contributed by atoms with Gasteiger partial charge in [0, 0.05) is 6.42 Å². The third-order valence-electron chi connectivity index (χ3n) is 1.67. The van der Waals surface area contributed by atoms with E-state index in [-0.39, 0.29) is 17.7 Å². The topological polar surface area (TPSA) is 43.4 Å². The first-order valence-electron chi connectivity index (χ1n) is 3.50. The zero-order chi connectivity index (χ0) is 8.27. The van der Waals surface area contributed by atoms with Gasteiger partial charge in [0.25, 0.3) is 0 Å². The molecule has 3 heteroatoms. The van der Waals surface area contributed by atoms with Crippen LogP contribution in [0, 0.1) is 5.92 Å². The summed E-state index contributed by atoms with van der Waals surface area (Å²) in [4.78, 5) is 21.4. The van der Waals surface area contributed by atoms with E-state index in [2.05, 4.69) is 4.74 Å². The second kappa shape index (κ2) is 3.32. The maximum atomic E-state index is 10.7. The summed E-state index contributed by atoms with van der Waals surface area (Å²) in [5.41, 5.74) is 0. The van der Waals surface area contributed by atoms with E-state index in [1.54, 1.807) is 6.08 Å². The Hall–Kier alpha value is -1.12. The first-order chi connectivity index (χ1) is 5.22. The van der Waals surface area contributed by atoms with Gasteiger partial charge < -0.3 is 4.74 Å². The number of allylic oxidation sites excluding steroid dienone is 2. The lowest BCUT2D eigenvalue weighted by molar-refractivity contribution is -0.141. The third-order valence-corrected chi connectivity index (χ3v) is 1.67. The van der Waals surface area contributed by atoms with Gasteiger partial charge in [-0.2, -0.15) is 0 Å². The molecule has 0 aromatic heterocycles. The highest BCUT2D eigenvalue weighted by molar-refractivity contribution is 5.92. The van der Waals surface area contributed by atoms with Gasteiger partial charge in [0.1, 0.15) is 0 Å². The van der Waals surface area contributed by atoms with Crippen LogP contribution in [0.1, 0.15) is 12.8 Å². The lowest BCUT2D eigenvalue weighted by atomic mass is 10.1. The van der Waals surface area contributed by atoms with Gasteiger partial charge in [-0.15, -0.1) is 0 Å². The number of carbonyl (C=O) groups is 2. The second-order valence-corrected chi connectivity index (χ2v) is 2.57. The molecule has 0 N–H and O–H groups in total. The van der Waals surface area contributed by atoms with Gasteiger partial charge in [0.2, 0.25) is 0 Å². The summed E-state index contributed by atoms with van der Waals surface area (Å²) in [5, 5.41) is 0.